The lowest BCUT2D eigenvalue weighted by Crippen LogP contribution is -2.25. The van der Waals surface area contributed by atoms with Crippen LogP contribution in [0.1, 0.15) is 35.9 Å². The molecule has 0 spiro atoms. The van der Waals surface area contributed by atoms with E-state index in [1.165, 1.54) is 29.9 Å². The van der Waals surface area contributed by atoms with Gasteiger partial charge < -0.3 is 5.73 Å². The van der Waals surface area contributed by atoms with Gasteiger partial charge in [0.25, 0.3) is 0 Å². The van der Waals surface area contributed by atoms with Crippen molar-refractivity contribution in [1.82, 2.24) is 4.37 Å². The Balaban J connectivity index is 2.03. The molecule has 0 bridgehead atoms. The van der Waals surface area contributed by atoms with Crippen LogP contribution in [-0.2, 0) is 0 Å². The Labute approximate surface area is 93.4 Å². The molecule has 2 nitrogen and oxygen atoms in total. The smallest absolute Gasteiger partial charge is 0.0526 e. The topological polar surface area (TPSA) is 38.9 Å². The second-order valence-electron chi connectivity index (χ2n) is 3.80. The third-order valence-electron chi connectivity index (χ3n) is 2.59. The number of hydrogen-bond donors (Lipinski definition) is 1. The fraction of sp³-hybridized carbons (Fsp3) is 0.700. The quantitative estimate of drug-likeness (QED) is 0.846. The number of nitrogens with zero attached hydrogens (tertiary/aromatic N) is 1. The number of aryl methyl sites for hydroxylation is 1. The summed E-state index contributed by atoms with van der Waals surface area (Å²) in [5.74, 6) is 1.27. The predicted octanol–water partition coefficient (Wildman–Crippen LogP) is 2.74. The molecular formula is C10H16N2S2. The molecule has 0 saturated carbocycles. The Bertz CT molecular complexity index is 292. The van der Waals surface area contributed by atoms with Crippen molar-refractivity contribution >= 4 is 23.3 Å². The zero-order valence-electron chi connectivity index (χ0n) is 8.40. The number of thioether (sulfide) groups is 1. The highest BCUT2D eigenvalue weighted by Crippen LogP contribution is 2.34. The fourth-order valence-corrected chi connectivity index (χ4v) is 4.03. The number of nitrogens with two attached hydrogens (primary N) is 1. The molecule has 1 aliphatic heterocycles. The van der Waals surface area contributed by atoms with E-state index in [1.54, 1.807) is 11.5 Å². The van der Waals surface area contributed by atoms with Gasteiger partial charge in [-0.2, -0.15) is 16.1 Å². The minimum Gasteiger partial charge on any atom is -0.322 e. The SMILES string of the molecule is Cc1cc(C(N)C2CCCCS2)sn1. The molecule has 2 unspecified atom stereocenters. The Kier molecular flexibility index (Phi) is 3.47. The summed E-state index contributed by atoms with van der Waals surface area (Å²) in [5.41, 5.74) is 7.33. The molecule has 14 heavy (non-hydrogen) atoms. The van der Waals surface area contributed by atoms with Gasteiger partial charge >= 0.3 is 0 Å². The first-order valence-corrected chi connectivity index (χ1v) is 6.90. The van der Waals surface area contributed by atoms with Gasteiger partial charge in [0, 0.05) is 10.1 Å². The standard InChI is InChI=1S/C10H16N2S2/c1-7-6-9(14-12-7)10(11)8-4-2-3-5-13-8/h6,8,10H,2-5,11H2,1H3. The van der Waals surface area contributed by atoms with Crippen LogP contribution in [0.5, 0.6) is 0 Å². The summed E-state index contributed by atoms with van der Waals surface area (Å²) < 4.78 is 4.28. The summed E-state index contributed by atoms with van der Waals surface area (Å²) in [6.45, 7) is 2.03. The predicted molar refractivity (Wildman–Crippen MR) is 63.9 cm³/mol. The molecular weight excluding hydrogens is 212 g/mol. The van der Waals surface area contributed by atoms with Gasteiger partial charge in [-0.15, -0.1) is 0 Å². The van der Waals surface area contributed by atoms with Crippen LogP contribution in [0.4, 0.5) is 0 Å². The summed E-state index contributed by atoms with van der Waals surface area (Å²) in [6, 6.07) is 2.33. The molecule has 2 N–H and O–H groups in total. The summed E-state index contributed by atoms with van der Waals surface area (Å²) in [7, 11) is 0. The van der Waals surface area contributed by atoms with Crippen molar-refractivity contribution in [3.63, 3.8) is 0 Å². The van der Waals surface area contributed by atoms with Crippen LogP contribution in [0.15, 0.2) is 6.07 Å². The van der Waals surface area contributed by atoms with E-state index in [9.17, 15) is 0 Å². The van der Waals surface area contributed by atoms with E-state index in [-0.39, 0.29) is 6.04 Å². The normalized spacial score (nSPS) is 24.9. The lowest BCUT2D eigenvalue weighted by Gasteiger charge is -2.25. The van der Waals surface area contributed by atoms with E-state index < -0.39 is 0 Å². The average molecular weight is 228 g/mol. The summed E-state index contributed by atoms with van der Waals surface area (Å²) in [5, 5.41) is 0.614. The van der Waals surface area contributed by atoms with Crippen LogP contribution in [-0.4, -0.2) is 15.4 Å². The van der Waals surface area contributed by atoms with Crippen molar-refractivity contribution in [3.05, 3.63) is 16.6 Å². The first-order chi connectivity index (χ1) is 6.77. The van der Waals surface area contributed by atoms with E-state index in [0.717, 1.165) is 5.69 Å². The third kappa shape index (κ3) is 2.30. The fourth-order valence-electron chi connectivity index (χ4n) is 1.77. The molecule has 1 aromatic heterocycles. The average Bonchev–Trinajstić information content (AvgIpc) is 2.65. The van der Waals surface area contributed by atoms with E-state index in [4.69, 9.17) is 5.73 Å². The molecule has 78 valence electrons. The molecule has 0 aromatic carbocycles. The molecule has 2 atom stereocenters. The molecule has 0 amide bonds. The number of hydrogen-bond acceptors (Lipinski definition) is 4. The first kappa shape index (κ1) is 10.5. The summed E-state index contributed by atoms with van der Waals surface area (Å²) in [6.07, 6.45) is 3.96. The van der Waals surface area contributed by atoms with Crippen LogP contribution in [0.25, 0.3) is 0 Å². The molecule has 0 radical (unpaired) electrons. The molecule has 4 heteroatoms. The number of rotatable bonds is 2. The van der Waals surface area contributed by atoms with E-state index in [0.29, 0.717) is 5.25 Å². The first-order valence-electron chi connectivity index (χ1n) is 5.08. The van der Waals surface area contributed by atoms with Gasteiger partial charge in [0.1, 0.15) is 0 Å². The zero-order chi connectivity index (χ0) is 9.97. The van der Waals surface area contributed by atoms with Crippen molar-refractivity contribution in [1.29, 1.82) is 0 Å². The van der Waals surface area contributed by atoms with Crippen LogP contribution in [0.2, 0.25) is 0 Å². The van der Waals surface area contributed by atoms with Gasteiger partial charge in [-0.25, -0.2) is 0 Å². The van der Waals surface area contributed by atoms with Crippen LogP contribution < -0.4 is 5.73 Å². The van der Waals surface area contributed by atoms with Gasteiger partial charge in [-0.05, 0) is 43.1 Å². The molecule has 1 aromatic rings. The molecule has 2 heterocycles. The molecule has 0 aliphatic carbocycles. The van der Waals surface area contributed by atoms with Crippen molar-refractivity contribution in [3.8, 4) is 0 Å². The molecule has 2 rings (SSSR count). The van der Waals surface area contributed by atoms with Crippen LogP contribution >= 0.6 is 23.3 Å². The second kappa shape index (κ2) is 4.64. The molecule has 1 fully saturated rings. The van der Waals surface area contributed by atoms with Gasteiger partial charge in [0.15, 0.2) is 0 Å². The molecule has 1 aliphatic rings. The zero-order valence-corrected chi connectivity index (χ0v) is 10.0. The maximum atomic E-state index is 6.23. The second-order valence-corrected chi connectivity index (χ2v) is 5.99. The Morgan fingerprint density at radius 1 is 1.57 bits per heavy atom. The van der Waals surface area contributed by atoms with Crippen molar-refractivity contribution < 1.29 is 0 Å². The Morgan fingerprint density at radius 3 is 3.00 bits per heavy atom. The lowest BCUT2D eigenvalue weighted by molar-refractivity contribution is 0.588. The van der Waals surface area contributed by atoms with Gasteiger partial charge in [-0.3, -0.25) is 0 Å². The largest absolute Gasteiger partial charge is 0.322 e. The van der Waals surface area contributed by atoms with Crippen molar-refractivity contribution in [2.45, 2.75) is 37.5 Å². The number of aromatic nitrogens is 1. The van der Waals surface area contributed by atoms with Gasteiger partial charge in [0.05, 0.1) is 11.7 Å². The van der Waals surface area contributed by atoms with E-state index in [1.807, 2.05) is 18.7 Å². The highest BCUT2D eigenvalue weighted by molar-refractivity contribution is 8.00. The Morgan fingerprint density at radius 2 is 2.43 bits per heavy atom. The van der Waals surface area contributed by atoms with Gasteiger partial charge in [-0.1, -0.05) is 6.42 Å². The Hall–Kier alpha value is -0.0600. The highest BCUT2D eigenvalue weighted by atomic mass is 32.2. The molecule has 1 saturated heterocycles. The van der Waals surface area contributed by atoms with E-state index in [2.05, 4.69) is 10.4 Å². The van der Waals surface area contributed by atoms with Crippen molar-refractivity contribution in [2.24, 2.45) is 5.73 Å². The lowest BCUT2D eigenvalue weighted by atomic mass is 10.1. The maximum Gasteiger partial charge on any atom is 0.0526 e. The monoisotopic (exact) mass is 228 g/mol. The van der Waals surface area contributed by atoms with Crippen molar-refractivity contribution in [2.75, 3.05) is 5.75 Å². The van der Waals surface area contributed by atoms with Crippen LogP contribution in [0.3, 0.4) is 0 Å². The minimum atomic E-state index is 0.200. The third-order valence-corrected chi connectivity index (χ3v) is 5.05. The van der Waals surface area contributed by atoms with E-state index >= 15 is 0 Å². The summed E-state index contributed by atoms with van der Waals surface area (Å²) >= 11 is 3.59. The van der Waals surface area contributed by atoms with Crippen LogP contribution in [0, 0.1) is 6.92 Å². The minimum absolute atomic E-state index is 0.200. The maximum absolute atomic E-state index is 6.23. The van der Waals surface area contributed by atoms with Gasteiger partial charge in [0.2, 0.25) is 0 Å². The summed E-state index contributed by atoms with van der Waals surface area (Å²) in [4.78, 5) is 1.25. The highest BCUT2D eigenvalue weighted by Gasteiger charge is 2.23.